The Bertz CT molecular complexity index is 4390. The van der Waals surface area contributed by atoms with E-state index in [-0.39, 0.29) is 150 Å². The number of carbonyl (C=O) groups is 4. The summed E-state index contributed by atoms with van der Waals surface area (Å²) in [6, 6.07) is 30.9. The molecule has 0 spiro atoms. The molecule has 4 aromatic heterocycles. The zero-order valence-corrected chi connectivity index (χ0v) is 66.4. The monoisotopic (exact) mass is 1720 g/mol. The number of hydrogen-bond donors (Lipinski definition) is 2. The van der Waals surface area contributed by atoms with E-state index >= 15 is 52.7 Å². The molecule has 4 heterocycles. The van der Waals surface area contributed by atoms with Crippen molar-refractivity contribution in [3.63, 3.8) is 0 Å². The smallest absolute Gasteiger partial charge is 0.380 e. The van der Waals surface area contributed by atoms with Gasteiger partial charge in [-0.2, -0.15) is 52.7 Å². The number of carboxylic acid groups (broad SMARTS) is 2. The first kappa shape index (κ1) is 91.0. The highest BCUT2D eigenvalue weighted by Crippen LogP contribution is 2.68. The molecule has 0 aliphatic heterocycles. The van der Waals surface area contributed by atoms with Gasteiger partial charge in [-0.3, -0.25) is 0 Å². The van der Waals surface area contributed by atoms with Crippen molar-refractivity contribution in [2.24, 2.45) is 0 Å². The Morgan fingerprint density at radius 1 is 0.293 bits per heavy atom. The lowest BCUT2D eigenvalue weighted by Crippen LogP contribution is -2.48. The maximum Gasteiger partial charge on any atom is 0.380 e. The van der Waals surface area contributed by atoms with Crippen LogP contribution in [0.1, 0.15) is 41.8 Å². The van der Waals surface area contributed by atoms with E-state index in [2.05, 4.69) is 9.47 Å². The molecule has 0 saturated heterocycles. The Morgan fingerprint density at radius 2 is 0.483 bits per heavy atom. The van der Waals surface area contributed by atoms with E-state index in [1.807, 2.05) is 0 Å². The van der Waals surface area contributed by atoms with Crippen molar-refractivity contribution >= 4 is 91.5 Å². The number of ether oxygens (including phenoxy) is 14. The van der Waals surface area contributed by atoms with Gasteiger partial charge in [0.15, 0.2) is 0 Å². The van der Waals surface area contributed by atoms with Crippen molar-refractivity contribution in [2.75, 3.05) is 146 Å². The number of esters is 2. The van der Waals surface area contributed by atoms with E-state index in [4.69, 9.17) is 67.1 Å². The lowest BCUT2D eigenvalue weighted by atomic mass is 9.94. The van der Waals surface area contributed by atoms with Crippen LogP contribution in [0.3, 0.4) is 0 Å². The minimum absolute atomic E-state index is 0.0971. The van der Waals surface area contributed by atoms with E-state index in [0.29, 0.717) is 64.8 Å². The number of benzene rings is 4. The van der Waals surface area contributed by atoms with Gasteiger partial charge in [-0.1, -0.05) is 0 Å². The number of carbonyl (C=O) groups excluding carboxylic acids is 2. The van der Waals surface area contributed by atoms with Crippen molar-refractivity contribution in [2.45, 2.75) is 63.2 Å². The molecular weight excluding hydrogens is 1640 g/mol. The fraction of sp³-hybridized carbons (Fsp3) is 0.400. The van der Waals surface area contributed by atoms with Gasteiger partial charge in [0, 0.05) is 61.3 Å². The molecule has 10 rings (SSSR count). The van der Waals surface area contributed by atoms with Gasteiger partial charge >= 0.3 is 59.4 Å². The van der Waals surface area contributed by atoms with Crippen LogP contribution in [0, 0.1) is 27.7 Å². The van der Waals surface area contributed by atoms with Gasteiger partial charge in [-0.05, 0) is 194 Å². The first-order valence-electron chi connectivity index (χ1n) is 35.5. The topological polar surface area (TPSA) is 238 Å². The third kappa shape index (κ3) is 22.1. The summed E-state index contributed by atoms with van der Waals surface area (Å²) in [4.78, 5) is 45.2. The molecule has 628 valence electrons. The molecule has 2 aliphatic rings. The van der Waals surface area contributed by atoms with Crippen LogP contribution in [0.25, 0.3) is 64.1 Å². The molecule has 0 atom stereocenters. The number of alkyl halides is 12. The second-order valence-electron chi connectivity index (χ2n) is 25.4. The van der Waals surface area contributed by atoms with Crippen LogP contribution in [-0.4, -0.2) is 216 Å². The number of rotatable bonds is 44. The van der Waals surface area contributed by atoms with Gasteiger partial charge in [-0.25, -0.2) is 19.2 Å². The third-order valence-corrected chi connectivity index (χ3v) is 21.9. The van der Waals surface area contributed by atoms with Gasteiger partial charge in [0.25, 0.3) is 0 Å². The molecule has 0 bridgehead atoms. The highest BCUT2D eigenvalue weighted by molar-refractivity contribution is 7.16. The quantitative estimate of drug-likeness (QED) is 0.0205. The summed E-state index contributed by atoms with van der Waals surface area (Å²) in [6.07, 6.45) is 0. The van der Waals surface area contributed by atoms with Crippen molar-refractivity contribution in [1.82, 2.24) is 0 Å². The maximum absolute atomic E-state index is 15.8. The number of thiophene rings is 4. The minimum atomic E-state index is -5.71. The number of aryl methyl sites for hydroxylation is 4. The largest absolute Gasteiger partial charge is 0.491 e. The van der Waals surface area contributed by atoms with Crippen molar-refractivity contribution < 1.29 is 148 Å². The molecule has 2 aliphatic carbocycles. The number of allylic oxidation sites excluding steroid dienone is 4. The van der Waals surface area contributed by atoms with E-state index in [9.17, 15) is 19.2 Å². The summed E-state index contributed by atoms with van der Waals surface area (Å²) >= 11 is 4.04. The minimum Gasteiger partial charge on any atom is -0.491 e. The second-order valence-corrected chi connectivity index (χ2v) is 30.4. The summed E-state index contributed by atoms with van der Waals surface area (Å²) in [5.74, 6) is -33.6. The van der Waals surface area contributed by atoms with Crippen LogP contribution in [0.2, 0.25) is 0 Å². The van der Waals surface area contributed by atoms with Crippen LogP contribution in [0.5, 0.6) is 23.0 Å². The van der Waals surface area contributed by atoms with Crippen LogP contribution in [0.15, 0.2) is 121 Å². The molecule has 0 saturated carbocycles. The summed E-state index contributed by atoms with van der Waals surface area (Å²) in [6.45, 7) is 7.34. The fourth-order valence-electron chi connectivity index (χ4n) is 11.7. The van der Waals surface area contributed by atoms with Crippen molar-refractivity contribution in [1.29, 1.82) is 0 Å². The Kier molecular flexibility index (Phi) is 32.1. The molecule has 0 fully saturated rings. The summed E-state index contributed by atoms with van der Waals surface area (Å²) in [7, 11) is 2.51. The van der Waals surface area contributed by atoms with Gasteiger partial charge < -0.3 is 76.5 Å². The van der Waals surface area contributed by atoms with Crippen LogP contribution >= 0.6 is 45.3 Å². The number of carboxylic acids is 2. The number of halogens is 12. The lowest BCUT2D eigenvalue weighted by molar-refractivity contribution is -0.254. The van der Waals surface area contributed by atoms with Crippen molar-refractivity contribution in [3.05, 3.63) is 163 Å². The third-order valence-electron chi connectivity index (χ3n) is 17.5. The van der Waals surface area contributed by atoms with Gasteiger partial charge in [0.1, 0.15) is 75.9 Å². The predicted octanol–water partition coefficient (Wildman–Crippen LogP) is 17.3. The maximum atomic E-state index is 15.8. The average Bonchev–Trinajstić information content (AvgIpc) is 1.53. The second kappa shape index (κ2) is 41.0. The van der Waals surface area contributed by atoms with Crippen molar-refractivity contribution in [3.8, 4) is 64.8 Å². The first-order chi connectivity index (χ1) is 55.2. The van der Waals surface area contributed by atoms with Crippen LogP contribution in [0.4, 0.5) is 52.7 Å². The van der Waals surface area contributed by atoms with E-state index in [0.717, 1.165) is 45.3 Å². The molecule has 116 heavy (non-hydrogen) atoms. The Balaban J connectivity index is 0.000000265. The van der Waals surface area contributed by atoms with Gasteiger partial charge in [0.05, 0.1) is 93.5 Å². The zero-order chi connectivity index (χ0) is 84.2. The fourth-order valence-corrected chi connectivity index (χ4v) is 15.8. The van der Waals surface area contributed by atoms with E-state index in [1.54, 1.807) is 97.1 Å². The van der Waals surface area contributed by atoms with Crippen LogP contribution in [-0.2, 0) is 66.5 Å². The standard InChI is InChI=1S/C41H42F6O10S2.C39H38F6O10S2/c1-25-31(21-33(58-25)27-5-9-29(10-6-27)56-19-17-52-13-15-54-23-35(48)50-3)37-38(40(44,45)41(46,47)39(37,42)43)32-22-34(59-26(32)2)28-7-11-30(12-8-28)57-20-18-53-14-16-55-24-36(49)51-4;1-23-29(19-31(56-23)25-3-7-27(8-4-25)54-17-15-50-11-13-52-21-33(46)47)35-36(38(42,43)39(44,45)37(35,40)41)30-20-32(57-24(30)2)26-5-9-28(10-6-26)55-18-16-51-12-14-53-22-34(48)49/h5-12,21-22H,13-20,23-24H2,1-4H3;3-10,19-20H,11-18,21-22H2,1-2H3,(H,46,47)(H,48,49). The predicted molar refractivity (Wildman–Crippen MR) is 409 cm³/mol. The van der Waals surface area contributed by atoms with E-state index in [1.165, 1.54) is 66.2 Å². The van der Waals surface area contributed by atoms with Gasteiger partial charge in [-0.15, -0.1) is 45.3 Å². The first-order valence-corrected chi connectivity index (χ1v) is 38.8. The molecule has 0 unspecified atom stereocenters. The molecule has 0 radical (unpaired) electrons. The Morgan fingerprint density at radius 3 is 0.681 bits per heavy atom. The molecular formula is C80H80F12O20S4. The highest BCUT2D eigenvalue weighted by atomic mass is 32.1. The van der Waals surface area contributed by atoms with E-state index < -0.39 is 106 Å². The summed E-state index contributed by atoms with van der Waals surface area (Å²) in [5.41, 5.74) is -5.11. The number of hydrogen-bond acceptors (Lipinski definition) is 22. The summed E-state index contributed by atoms with van der Waals surface area (Å²) < 4.78 is 260. The molecule has 20 nitrogen and oxygen atoms in total. The number of aliphatic carboxylic acids is 2. The molecule has 36 heteroatoms. The molecule has 4 aromatic carbocycles. The molecule has 8 aromatic rings. The lowest BCUT2D eigenvalue weighted by Gasteiger charge is -2.25. The van der Waals surface area contributed by atoms with Gasteiger partial charge in [0.2, 0.25) is 0 Å². The van der Waals surface area contributed by atoms with Crippen LogP contribution < -0.4 is 18.9 Å². The molecule has 2 N–H and O–H groups in total. The SMILES string of the molecule is COC(=O)COCCOCCOc1ccc(-c2cc(C3=C(c4cc(-c5ccc(OCCOCCOCC(=O)OC)cc5)sc4C)C(F)(F)C(F)(F)C3(F)F)c(C)s2)cc1.Cc1sc(-c2ccc(OCCOCCOCC(=O)O)cc2)cc1C1=C(c2cc(-c3ccc(OCCOCCOCC(=O)O)cc3)sc2C)C(F)(F)C(F)(F)C1(F)F. The summed E-state index contributed by atoms with van der Waals surface area (Å²) in [5, 5.41) is 17.1. The number of methoxy groups -OCH3 is 2. The normalized spacial score (nSPS) is 15.5. The Labute approximate surface area is 673 Å². The zero-order valence-electron chi connectivity index (χ0n) is 63.1. The molecule has 0 amide bonds. The highest BCUT2D eigenvalue weighted by Gasteiger charge is 2.82. The Hall–Kier alpha value is -8.92. The average molecular weight is 1720 g/mol.